The minimum atomic E-state index is -3.19. The van der Waals surface area contributed by atoms with Gasteiger partial charge in [-0.25, -0.2) is 8.78 Å². The summed E-state index contributed by atoms with van der Waals surface area (Å²) in [6, 6.07) is 0.612. The van der Waals surface area contributed by atoms with E-state index in [0.29, 0.717) is 6.07 Å². The maximum atomic E-state index is 12.3. The Morgan fingerprint density at radius 1 is 1.59 bits per heavy atom. The maximum absolute atomic E-state index is 12.3. The molecule has 0 aliphatic rings. The smallest absolute Gasteiger partial charge is 0.368 e. The SMILES string of the molecule is O=C(O)Cc1cc(O)c(C(F)F)nc1[N+](=O)[O-]. The van der Waals surface area contributed by atoms with Crippen molar-refractivity contribution < 1.29 is 28.7 Å². The molecule has 0 spiro atoms. The minimum Gasteiger partial charge on any atom is -0.504 e. The molecule has 9 heteroatoms. The molecule has 0 unspecified atom stereocenters. The van der Waals surface area contributed by atoms with E-state index in [2.05, 4.69) is 4.98 Å². The summed E-state index contributed by atoms with van der Waals surface area (Å²) in [6.07, 6.45) is -3.98. The number of hydrogen-bond donors (Lipinski definition) is 2. The Morgan fingerprint density at radius 2 is 2.18 bits per heavy atom. The number of aliphatic carboxylic acids is 1. The third-order valence-corrected chi connectivity index (χ3v) is 1.81. The molecular weight excluding hydrogens is 242 g/mol. The lowest BCUT2D eigenvalue weighted by Gasteiger charge is -2.03. The molecule has 0 fully saturated rings. The third kappa shape index (κ3) is 2.83. The Morgan fingerprint density at radius 3 is 2.59 bits per heavy atom. The zero-order chi connectivity index (χ0) is 13.2. The number of alkyl halides is 2. The Balaban J connectivity index is 3.35. The van der Waals surface area contributed by atoms with E-state index in [-0.39, 0.29) is 0 Å². The monoisotopic (exact) mass is 248 g/mol. The Labute approximate surface area is 92.5 Å². The number of nitro groups is 1. The van der Waals surface area contributed by atoms with Gasteiger partial charge in [0.25, 0.3) is 5.69 Å². The molecule has 0 bridgehead atoms. The summed E-state index contributed by atoms with van der Waals surface area (Å²) in [7, 11) is 0. The summed E-state index contributed by atoms with van der Waals surface area (Å²) in [6.45, 7) is 0. The molecule has 0 saturated carbocycles. The van der Waals surface area contributed by atoms with Crippen LogP contribution in [0.5, 0.6) is 5.75 Å². The number of aromatic hydroxyl groups is 1. The number of pyridine rings is 1. The van der Waals surface area contributed by atoms with Crippen LogP contribution in [-0.2, 0) is 11.2 Å². The highest BCUT2D eigenvalue weighted by molar-refractivity contribution is 5.71. The fraction of sp³-hybridized carbons (Fsp3) is 0.250. The van der Waals surface area contributed by atoms with Crippen molar-refractivity contribution in [1.29, 1.82) is 0 Å². The van der Waals surface area contributed by atoms with Gasteiger partial charge in [0.05, 0.1) is 12.0 Å². The van der Waals surface area contributed by atoms with Crippen molar-refractivity contribution in [2.24, 2.45) is 0 Å². The van der Waals surface area contributed by atoms with E-state index in [1.807, 2.05) is 0 Å². The molecule has 0 aromatic carbocycles. The summed E-state index contributed by atoms with van der Waals surface area (Å²) in [5, 5.41) is 28.1. The van der Waals surface area contributed by atoms with E-state index < -0.39 is 46.6 Å². The normalized spacial score (nSPS) is 10.5. The lowest BCUT2D eigenvalue weighted by Crippen LogP contribution is -2.07. The van der Waals surface area contributed by atoms with Crippen LogP contribution in [0.1, 0.15) is 17.7 Å². The number of carboxylic acids is 1. The van der Waals surface area contributed by atoms with Crippen LogP contribution >= 0.6 is 0 Å². The standard InChI is InChI=1S/C8H6F2N2O5/c9-7(10)6-4(13)1-3(2-5(14)15)8(11-6)12(16)17/h1,7,13H,2H2,(H,14,15). The first kappa shape index (κ1) is 12.7. The van der Waals surface area contributed by atoms with Crippen LogP contribution in [-0.4, -0.2) is 26.1 Å². The van der Waals surface area contributed by atoms with Crippen LogP contribution in [0.15, 0.2) is 6.07 Å². The van der Waals surface area contributed by atoms with Gasteiger partial charge in [-0.1, -0.05) is 0 Å². The first-order chi connectivity index (χ1) is 7.82. The van der Waals surface area contributed by atoms with Gasteiger partial charge in [-0.2, -0.15) is 0 Å². The van der Waals surface area contributed by atoms with Crippen molar-refractivity contribution in [3.05, 3.63) is 27.4 Å². The lowest BCUT2D eigenvalue weighted by atomic mass is 10.1. The first-order valence-electron chi connectivity index (χ1n) is 4.20. The number of carboxylic acid groups (broad SMARTS) is 1. The van der Waals surface area contributed by atoms with E-state index in [0.717, 1.165) is 0 Å². The lowest BCUT2D eigenvalue weighted by molar-refractivity contribution is -0.390. The van der Waals surface area contributed by atoms with Gasteiger partial charge in [-0.15, -0.1) is 0 Å². The second-order valence-corrected chi connectivity index (χ2v) is 3.00. The third-order valence-electron chi connectivity index (χ3n) is 1.81. The summed E-state index contributed by atoms with van der Waals surface area (Å²) in [5.74, 6) is -3.37. The summed E-state index contributed by atoms with van der Waals surface area (Å²) in [5.41, 5.74) is -1.59. The van der Waals surface area contributed by atoms with Gasteiger partial charge in [0.2, 0.25) is 0 Å². The van der Waals surface area contributed by atoms with Gasteiger partial charge in [0.1, 0.15) is 0 Å². The number of halogens is 2. The number of nitrogens with zero attached hydrogens (tertiary/aromatic N) is 2. The zero-order valence-electron chi connectivity index (χ0n) is 8.13. The van der Waals surface area contributed by atoms with Crippen LogP contribution < -0.4 is 0 Å². The Kier molecular flexibility index (Phi) is 3.51. The number of aromatic nitrogens is 1. The largest absolute Gasteiger partial charge is 0.504 e. The molecule has 2 N–H and O–H groups in total. The van der Waals surface area contributed by atoms with Gasteiger partial charge in [-0.3, -0.25) is 4.79 Å². The van der Waals surface area contributed by atoms with Crippen LogP contribution in [0.3, 0.4) is 0 Å². The van der Waals surface area contributed by atoms with Crippen LogP contribution in [0.4, 0.5) is 14.6 Å². The maximum Gasteiger partial charge on any atom is 0.368 e. The van der Waals surface area contributed by atoms with Crippen LogP contribution in [0.2, 0.25) is 0 Å². The van der Waals surface area contributed by atoms with Crippen molar-refractivity contribution in [2.75, 3.05) is 0 Å². The average Bonchev–Trinajstić information content (AvgIpc) is 2.15. The van der Waals surface area contributed by atoms with Crippen molar-refractivity contribution in [1.82, 2.24) is 4.98 Å². The molecule has 1 aromatic heterocycles. The molecular formula is C8H6F2N2O5. The predicted octanol–water partition coefficient (Wildman–Crippen LogP) is 1.26. The molecule has 0 atom stereocenters. The molecule has 1 rings (SSSR count). The topological polar surface area (TPSA) is 114 Å². The number of rotatable bonds is 4. The molecule has 17 heavy (non-hydrogen) atoms. The predicted molar refractivity (Wildman–Crippen MR) is 48.9 cm³/mol. The van der Waals surface area contributed by atoms with Gasteiger partial charge in [0, 0.05) is 0 Å². The van der Waals surface area contributed by atoms with Gasteiger partial charge in [0.15, 0.2) is 5.75 Å². The fourth-order valence-electron chi connectivity index (χ4n) is 1.16. The fourth-order valence-corrected chi connectivity index (χ4v) is 1.16. The highest BCUT2D eigenvalue weighted by atomic mass is 19.3. The molecule has 0 aliphatic heterocycles. The van der Waals surface area contributed by atoms with E-state index in [4.69, 9.17) is 10.2 Å². The molecule has 7 nitrogen and oxygen atoms in total. The van der Waals surface area contributed by atoms with Gasteiger partial charge >= 0.3 is 18.2 Å². The van der Waals surface area contributed by atoms with Crippen molar-refractivity contribution >= 4 is 11.8 Å². The Bertz CT molecular complexity index is 477. The van der Waals surface area contributed by atoms with E-state index in [9.17, 15) is 23.7 Å². The summed E-state index contributed by atoms with van der Waals surface area (Å²) >= 11 is 0. The average molecular weight is 248 g/mol. The Hall–Kier alpha value is -2.32. The number of carbonyl (C=O) groups is 1. The molecule has 1 heterocycles. The molecule has 1 aromatic rings. The molecule has 0 aliphatic carbocycles. The van der Waals surface area contributed by atoms with Crippen molar-refractivity contribution in [3.8, 4) is 5.75 Å². The first-order valence-corrected chi connectivity index (χ1v) is 4.20. The van der Waals surface area contributed by atoms with Crippen LogP contribution in [0, 0.1) is 10.1 Å². The van der Waals surface area contributed by atoms with Gasteiger partial charge in [-0.05, 0) is 16.0 Å². The molecule has 0 saturated heterocycles. The molecule has 0 radical (unpaired) electrons. The van der Waals surface area contributed by atoms with E-state index >= 15 is 0 Å². The molecule has 92 valence electrons. The summed E-state index contributed by atoms with van der Waals surface area (Å²) < 4.78 is 24.6. The molecule has 0 amide bonds. The van der Waals surface area contributed by atoms with Crippen LogP contribution in [0.25, 0.3) is 0 Å². The van der Waals surface area contributed by atoms with Crippen molar-refractivity contribution in [2.45, 2.75) is 12.8 Å². The quantitative estimate of drug-likeness (QED) is 0.612. The highest BCUT2D eigenvalue weighted by Crippen LogP contribution is 2.31. The minimum absolute atomic E-state index is 0.440. The van der Waals surface area contributed by atoms with Crippen molar-refractivity contribution in [3.63, 3.8) is 0 Å². The second-order valence-electron chi connectivity index (χ2n) is 3.00. The number of hydrogen-bond acceptors (Lipinski definition) is 5. The highest BCUT2D eigenvalue weighted by Gasteiger charge is 2.28. The van der Waals surface area contributed by atoms with E-state index in [1.165, 1.54) is 0 Å². The van der Waals surface area contributed by atoms with E-state index in [1.54, 1.807) is 0 Å². The van der Waals surface area contributed by atoms with Gasteiger partial charge < -0.3 is 20.3 Å². The summed E-state index contributed by atoms with van der Waals surface area (Å²) in [4.78, 5) is 22.8. The zero-order valence-corrected chi connectivity index (χ0v) is 8.13. The second kappa shape index (κ2) is 4.68.